The van der Waals surface area contributed by atoms with Gasteiger partial charge in [-0.3, -0.25) is 14.5 Å². The summed E-state index contributed by atoms with van der Waals surface area (Å²) in [5.41, 5.74) is 2.23. The minimum absolute atomic E-state index is 0.0699. The van der Waals surface area contributed by atoms with E-state index >= 15 is 0 Å². The first-order chi connectivity index (χ1) is 21.4. The van der Waals surface area contributed by atoms with Gasteiger partial charge in [-0.15, -0.1) is 23.1 Å². The maximum atomic E-state index is 13.5. The van der Waals surface area contributed by atoms with Crippen molar-refractivity contribution in [2.45, 2.75) is 22.7 Å². The van der Waals surface area contributed by atoms with E-state index in [-0.39, 0.29) is 34.8 Å². The first-order valence-electron chi connectivity index (χ1n) is 13.7. The monoisotopic (exact) mass is 625 g/mol. The number of thiazole rings is 1. The predicted octanol–water partition coefficient (Wildman–Crippen LogP) is 4.61. The molecule has 3 aromatic carbocycles. The normalized spacial score (nSPS) is 18.0. The van der Waals surface area contributed by atoms with Gasteiger partial charge in [0.1, 0.15) is 24.0 Å². The van der Waals surface area contributed by atoms with Crippen molar-refractivity contribution in [1.82, 2.24) is 15.2 Å². The molecule has 1 unspecified atom stereocenters. The van der Waals surface area contributed by atoms with Gasteiger partial charge in [-0.1, -0.05) is 96.2 Å². The van der Waals surface area contributed by atoms with Crippen LogP contribution in [0.3, 0.4) is 0 Å². The van der Waals surface area contributed by atoms with Gasteiger partial charge in [-0.05, 0) is 22.8 Å². The van der Waals surface area contributed by atoms with Gasteiger partial charge in [-0.25, -0.2) is 9.78 Å². The number of benzene rings is 3. The highest BCUT2D eigenvalue weighted by molar-refractivity contribution is 8.00. The molecule has 1 saturated heterocycles. The summed E-state index contributed by atoms with van der Waals surface area (Å²) in [5.74, 6) is -2.09. The maximum absolute atomic E-state index is 13.5. The molecule has 0 aliphatic carbocycles. The van der Waals surface area contributed by atoms with Crippen molar-refractivity contribution < 1.29 is 24.3 Å². The number of anilines is 1. The topological polar surface area (TPSA) is 133 Å². The molecule has 2 aliphatic heterocycles. The second-order valence-electron chi connectivity index (χ2n) is 9.94. The first-order valence-corrected chi connectivity index (χ1v) is 15.5. The van der Waals surface area contributed by atoms with Crippen LogP contribution in [0, 0.1) is 0 Å². The van der Waals surface area contributed by atoms with Crippen molar-refractivity contribution in [1.29, 1.82) is 0 Å². The minimum atomic E-state index is -1.23. The van der Waals surface area contributed by atoms with Gasteiger partial charge in [-0.2, -0.15) is 0 Å². The van der Waals surface area contributed by atoms with Crippen molar-refractivity contribution in [3.8, 4) is 0 Å². The fourth-order valence-corrected chi connectivity index (χ4v) is 7.41. The summed E-state index contributed by atoms with van der Waals surface area (Å²) in [6.07, 6.45) is 1.55. The molecule has 0 radical (unpaired) electrons. The van der Waals surface area contributed by atoms with E-state index in [0.29, 0.717) is 5.13 Å². The molecule has 1 aromatic heterocycles. The van der Waals surface area contributed by atoms with Crippen molar-refractivity contribution in [2.75, 3.05) is 12.4 Å². The Balaban J connectivity index is 1.33. The van der Waals surface area contributed by atoms with E-state index in [1.54, 1.807) is 5.38 Å². The zero-order chi connectivity index (χ0) is 30.7. The summed E-state index contributed by atoms with van der Waals surface area (Å²) >= 11 is 2.59. The molecular formula is C32H27N5O5S2. The predicted molar refractivity (Wildman–Crippen MR) is 169 cm³/mol. The number of nitrogens with one attached hydrogen (secondary N) is 2. The van der Waals surface area contributed by atoms with Gasteiger partial charge >= 0.3 is 5.97 Å². The molecule has 1 fully saturated rings. The molecule has 0 spiro atoms. The number of carboxylic acid groups (broad SMARTS) is 1. The van der Waals surface area contributed by atoms with E-state index in [1.165, 1.54) is 41.2 Å². The molecule has 3 N–H and O–H groups in total. The molecule has 2 amide bonds. The van der Waals surface area contributed by atoms with Gasteiger partial charge < -0.3 is 20.6 Å². The number of carbonyl (C=O) groups is 3. The van der Waals surface area contributed by atoms with Crippen LogP contribution in [0.5, 0.6) is 0 Å². The number of nitrogens with zero attached hydrogens (tertiary/aromatic N) is 3. The van der Waals surface area contributed by atoms with Crippen LogP contribution in [0.4, 0.5) is 5.13 Å². The van der Waals surface area contributed by atoms with E-state index in [1.807, 2.05) is 54.6 Å². The fraction of sp³-hybridized carbons (Fsp3) is 0.156. The summed E-state index contributed by atoms with van der Waals surface area (Å²) in [6, 6.07) is 30.2. The molecular weight excluding hydrogens is 599 g/mol. The molecule has 4 aromatic rings. The Bertz CT molecular complexity index is 1650. The van der Waals surface area contributed by atoms with Gasteiger partial charge in [0.25, 0.3) is 5.91 Å². The Morgan fingerprint density at radius 2 is 1.55 bits per heavy atom. The number of thioether (sulfide) groups is 1. The largest absolute Gasteiger partial charge is 0.477 e. The van der Waals surface area contributed by atoms with Crippen molar-refractivity contribution in [3.05, 3.63) is 131 Å². The number of carboxylic acids is 1. The zero-order valence-corrected chi connectivity index (χ0v) is 25.0. The molecule has 2 atom stereocenters. The number of carbonyl (C=O) groups excluding carboxylic acids is 2. The van der Waals surface area contributed by atoms with Gasteiger partial charge in [0, 0.05) is 5.38 Å². The molecule has 0 bridgehead atoms. The van der Waals surface area contributed by atoms with Gasteiger partial charge in [0.05, 0.1) is 17.2 Å². The van der Waals surface area contributed by atoms with Gasteiger partial charge in [0.15, 0.2) is 10.8 Å². The fourth-order valence-electron chi connectivity index (χ4n) is 5.34. The number of fused-ring (bicyclic) bond motifs is 1. The number of oxime groups is 1. The molecule has 10 nitrogen and oxygen atoms in total. The van der Waals surface area contributed by atoms with Crippen LogP contribution < -0.4 is 10.6 Å². The molecule has 6 rings (SSSR count). The van der Waals surface area contributed by atoms with Crippen LogP contribution >= 0.6 is 23.1 Å². The first kappa shape index (κ1) is 29.1. The third kappa shape index (κ3) is 5.45. The maximum Gasteiger partial charge on any atom is 0.352 e. The molecule has 2 aliphatic rings. The highest BCUT2D eigenvalue weighted by Gasteiger charge is 2.46. The van der Waals surface area contributed by atoms with E-state index in [0.717, 1.165) is 16.7 Å². The lowest BCUT2D eigenvalue weighted by Gasteiger charge is -2.44. The van der Waals surface area contributed by atoms with Crippen LogP contribution in [0.25, 0.3) is 0 Å². The average molecular weight is 626 g/mol. The minimum Gasteiger partial charge on any atom is -0.477 e. The SMILES string of the molecule is CON=C(C(=O)NC1C=C(C(=O)O)N2C(=O)C[C@H]2S1)c1csc(NC(c2ccccc2)(c2ccccc2)c2ccccc2)n1. The van der Waals surface area contributed by atoms with Crippen molar-refractivity contribution in [3.63, 3.8) is 0 Å². The van der Waals surface area contributed by atoms with Gasteiger partial charge in [0.2, 0.25) is 5.91 Å². The lowest BCUT2D eigenvalue weighted by atomic mass is 9.77. The number of amides is 2. The lowest BCUT2D eigenvalue weighted by molar-refractivity contribution is -0.146. The summed E-state index contributed by atoms with van der Waals surface area (Å²) in [4.78, 5) is 48.2. The number of hydrogen-bond acceptors (Lipinski definition) is 9. The van der Waals surface area contributed by atoms with Crippen LogP contribution in [-0.4, -0.2) is 56.3 Å². The average Bonchev–Trinajstić information content (AvgIpc) is 3.50. The van der Waals surface area contributed by atoms with Crippen molar-refractivity contribution in [2.24, 2.45) is 5.16 Å². The summed E-state index contributed by atoms with van der Waals surface area (Å²) in [5, 5.41) is 21.3. The molecule has 44 heavy (non-hydrogen) atoms. The summed E-state index contributed by atoms with van der Waals surface area (Å²) < 4.78 is 0. The quantitative estimate of drug-likeness (QED) is 0.101. The standard InChI is InChI=1S/C32H27N5O5S2/c1-42-36-28(29(39)34-25-17-24(30(40)41)37-26(38)18-27(37)44-25)23-19-43-31(33-23)35-32(20-11-5-2-6-12-20,21-13-7-3-8-14-21)22-15-9-4-10-16-22/h2-17,19,25,27H,18H2,1H3,(H,33,35)(H,34,39)(H,40,41)/t25?,27-/m1/s1. The number of rotatable bonds is 10. The summed E-state index contributed by atoms with van der Waals surface area (Å²) in [6.45, 7) is 0. The Kier molecular flexibility index (Phi) is 8.18. The molecule has 3 heterocycles. The van der Waals surface area contributed by atoms with Crippen molar-refractivity contribution >= 4 is 51.7 Å². The number of aliphatic carboxylic acids is 1. The Morgan fingerprint density at radius 1 is 0.977 bits per heavy atom. The smallest absolute Gasteiger partial charge is 0.352 e. The van der Waals surface area contributed by atoms with E-state index in [4.69, 9.17) is 9.82 Å². The third-order valence-corrected chi connectivity index (χ3v) is 9.33. The number of β-lactam (4-membered cyclic amide) rings is 1. The van der Waals surface area contributed by atoms with E-state index in [9.17, 15) is 19.5 Å². The van der Waals surface area contributed by atoms with E-state index < -0.39 is 22.8 Å². The van der Waals surface area contributed by atoms with E-state index in [2.05, 4.69) is 52.2 Å². The Hall–Kier alpha value is -4.94. The molecule has 222 valence electrons. The molecule has 0 saturated carbocycles. The lowest BCUT2D eigenvalue weighted by Crippen LogP contribution is -2.56. The second-order valence-corrected chi connectivity index (χ2v) is 12.1. The highest BCUT2D eigenvalue weighted by Crippen LogP contribution is 2.41. The molecule has 12 heteroatoms. The number of hydrogen-bond donors (Lipinski definition) is 3. The van der Waals surface area contributed by atoms with Crippen LogP contribution in [0.15, 0.2) is 113 Å². The number of aromatic nitrogens is 1. The highest BCUT2D eigenvalue weighted by atomic mass is 32.2. The Labute approximate surface area is 261 Å². The zero-order valence-electron chi connectivity index (χ0n) is 23.4. The third-order valence-electron chi connectivity index (χ3n) is 7.33. The van der Waals surface area contributed by atoms with Crippen LogP contribution in [0.1, 0.15) is 28.8 Å². The van der Waals surface area contributed by atoms with Crippen LogP contribution in [-0.2, 0) is 24.8 Å². The van der Waals surface area contributed by atoms with Crippen LogP contribution in [0.2, 0.25) is 0 Å². The summed E-state index contributed by atoms with van der Waals surface area (Å²) in [7, 11) is 1.33. The Morgan fingerprint density at radius 3 is 2.05 bits per heavy atom. The second kappa shape index (κ2) is 12.3.